The van der Waals surface area contributed by atoms with Gasteiger partial charge in [-0.15, -0.1) is 0 Å². The minimum absolute atomic E-state index is 0.0321. The summed E-state index contributed by atoms with van der Waals surface area (Å²) in [5, 5.41) is 25.7. The number of rotatable bonds is 17. The van der Waals surface area contributed by atoms with Crippen LogP contribution in [0.3, 0.4) is 0 Å². The number of hydrogen-bond acceptors (Lipinski definition) is 9. The highest BCUT2D eigenvalue weighted by Gasteiger charge is 2.42. The van der Waals surface area contributed by atoms with Gasteiger partial charge in [0.25, 0.3) is 17.7 Å². The number of amides is 7. The fourth-order valence-corrected chi connectivity index (χ4v) is 7.68. The molecule has 4 aliphatic rings. The lowest BCUT2D eigenvalue weighted by molar-refractivity contribution is -0.142. The molecular weight excluding hydrogens is 628 g/mol. The molecule has 260 valence electrons. The van der Waals surface area contributed by atoms with Gasteiger partial charge in [0.05, 0.1) is 12.1 Å². The van der Waals surface area contributed by atoms with E-state index >= 15 is 0 Å². The monoisotopic (exact) mass is 676 g/mol. The first-order valence-electron chi connectivity index (χ1n) is 16.8. The molecule has 4 rings (SSSR count). The first-order valence-corrected chi connectivity index (χ1v) is 17.8. The molecular formula is C32H48N6O8S. The first-order chi connectivity index (χ1) is 22.6. The molecule has 2 fully saturated rings. The maximum Gasteiger partial charge on any atom is 0.407 e. The van der Waals surface area contributed by atoms with E-state index in [4.69, 9.17) is 4.74 Å². The Balaban J connectivity index is 1.02. The van der Waals surface area contributed by atoms with Crippen LogP contribution in [0.4, 0.5) is 9.59 Å². The average molecular weight is 677 g/mol. The van der Waals surface area contributed by atoms with Crippen molar-refractivity contribution in [1.82, 2.24) is 31.5 Å². The lowest BCUT2D eigenvalue weighted by atomic mass is 9.87. The maximum absolute atomic E-state index is 12.9. The van der Waals surface area contributed by atoms with Gasteiger partial charge in [-0.05, 0) is 70.3 Å². The Morgan fingerprint density at radius 2 is 1.70 bits per heavy atom. The Bertz CT molecular complexity index is 1200. The van der Waals surface area contributed by atoms with Gasteiger partial charge in [-0.1, -0.05) is 12.5 Å². The Hall–Kier alpha value is -3.59. The van der Waals surface area contributed by atoms with Crippen molar-refractivity contribution < 1.29 is 38.6 Å². The number of unbranched alkanes of at least 4 members (excludes halogenated alkanes) is 3. The van der Waals surface area contributed by atoms with Crippen molar-refractivity contribution in [2.24, 2.45) is 0 Å². The highest BCUT2D eigenvalue weighted by molar-refractivity contribution is 8.00. The quantitative estimate of drug-likeness (QED) is 0.0571. The van der Waals surface area contributed by atoms with Crippen molar-refractivity contribution in [2.45, 2.75) is 106 Å². The molecule has 0 saturated carbocycles. The van der Waals surface area contributed by atoms with Crippen molar-refractivity contribution in [3.05, 3.63) is 24.3 Å². The van der Waals surface area contributed by atoms with Crippen LogP contribution in [0.25, 0.3) is 0 Å². The van der Waals surface area contributed by atoms with Crippen molar-refractivity contribution in [3.63, 3.8) is 0 Å². The second kappa shape index (κ2) is 18.1. The number of allylic oxidation sites excluding steroid dienone is 1. The fourth-order valence-electron chi connectivity index (χ4n) is 6.14. The van der Waals surface area contributed by atoms with Crippen LogP contribution >= 0.6 is 11.8 Å². The second-order valence-corrected chi connectivity index (χ2v) is 13.7. The highest BCUT2D eigenvalue weighted by Crippen LogP contribution is 2.33. The number of fused-ring (bicyclic) bond motifs is 1. The molecule has 3 unspecified atom stereocenters. The van der Waals surface area contributed by atoms with Crippen LogP contribution in [0.15, 0.2) is 24.3 Å². The van der Waals surface area contributed by atoms with Gasteiger partial charge in [0.2, 0.25) is 5.91 Å². The number of hydrogen-bond donors (Lipinski definition) is 6. The van der Waals surface area contributed by atoms with Crippen molar-refractivity contribution in [2.75, 3.05) is 31.9 Å². The van der Waals surface area contributed by atoms with Crippen LogP contribution in [-0.4, -0.2) is 107 Å². The molecule has 2 saturated heterocycles. The molecule has 0 spiro atoms. The van der Waals surface area contributed by atoms with E-state index in [1.165, 1.54) is 17.1 Å². The number of carbonyl (C=O) groups is 6. The zero-order valence-electron chi connectivity index (χ0n) is 26.8. The van der Waals surface area contributed by atoms with Crippen LogP contribution < -0.4 is 26.6 Å². The van der Waals surface area contributed by atoms with Crippen molar-refractivity contribution >= 4 is 47.5 Å². The lowest BCUT2D eigenvalue weighted by Crippen LogP contribution is -2.48. The molecule has 47 heavy (non-hydrogen) atoms. The zero-order valence-corrected chi connectivity index (χ0v) is 27.6. The molecule has 0 aromatic rings. The van der Waals surface area contributed by atoms with Gasteiger partial charge >= 0.3 is 12.1 Å². The van der Waals surface area contributed by atoms with E-state index in [2.05, 4.69) is 26.6 Å². The van der Waals surface area contributed by atoms with E-state index in [1.54, 1.807) is 12.2 Å². The van der Waals surface area contributed by atoms with E-state index in [-0.39, 0.29) is 55.1 Å². The van der Waals surface area contributed by atoms with Gasteiger partial charge < -0.3 is 36.4 Å². The summed E-state index contributed by atoms with van der Waals surface area (Å²) in [6.07, 6.45) is 11.6. The number of ether oxygens (including phenoxy) is 1. The molecule has 3 heterocycles. The minimum Gasteiger partial charge on any atom is -0.442 e. The number of alkyl carbamates (subject to hydrolysis) is 1. The predicted octanol–water partition coefficient (Wildman–Crippen LogP) is 1.39. The number of nitrogens with one attached hydrogen (secondary N) is 5. The van der Waals surface area contributed by atoms with E-state index < -0.39 is 23.7 Å². The lowest BCUT2D eigenvalue weighted by Gasteiger charge is -2.29. The van der Waals surface area contributed by atoms with Crippen LogP contribution in [0.5, 0.6) is 0 Å². The maximum atomic E-state index is 12.9. The Kier molecular flexibility index (Phi) is 13.9. The summed E-state index contributed by atoms with van der Waals surface area (Å²) in [5.74, 6) is -0.187. The number of aliphatic hydroxyl groups is 1. The smallest absolute Gasteiger partial charge is 0.407 e. The molecule has 7 amide bonds. The largest absolute Gasteiger partial charge is 0.442 e. The van der Waals surface area contributed by atoms with Gasteiger partial charge in [0, 0.05) is 55.8 Å². The van der Waals surface area contributed by atoms with E-state index in [9.17, 15) is 33.9 Å². The molecule has 0 radical (unpaired) electrons. The number of imide groups is 1. The molecule has 0 aromatic carbocycles. The summed E-state index contributed by atoms with van der Waals surface area (Å²) >= 11 is 1.87. The topological polar surface area (TPSA) is 195 Å². The van der Waals surface area contributed by atoms with Crippen LogP contribution in [0, 0.1) is 0 Å². The molecule has 14 nitrogen and oxygen atoms in total. The average Bonchev–Trinajstić information content (AvgIpc) is 3.69. The van der Waals surface area contributed by atoms with Gasteiger partial charge in [-0.2, -0.15) is 11.8 Å². The second-order valence-electron chi connectivity index (χ2n) is 12.5. The summed E-state index contributed by atoms with van der Waals surface area (Å²) in [4.78, 5) is 73.2. The number of thioether (sulfide) groups is 1. The summed E-state index contributed by atoms with van der Waals surface area (Å²) in [6.45, 7) is 1.45. The third kappa shape index (κ3) is 11.3. The Morgan fingerprint density at radius 1 is 0.936 bits per heavy atom. The third-order valence-electron chi connectivity index (χ3n) is 8.87. The van der Waals surface area contributed by atoms with Gasteiger partial charge in [0.15, 0.2) is 0 Å². The Labute approximate surface area is 279 Å². The van der Waals surface area contributed by atoms with E-state index in [0.717, 1.165) is 31.4 Å². The zero-order chi connectivity index (χ0) is 33.6. The molecule has 0 bridgehead atoms. The molecule has 15 heteroatoms. The summed E-state index contributed by atoms with van der Waals surface area (Å²) in [7, 11) is 0. The number of nitrogens with zero attached hydrogens (tertiary/aromatic N) is 1. The van der Waals surface area contributed by atoms with Crippen LogP contribution in [0.2, 0.25) is 0 Å². The minimum atomic E-state index is -1.59. The SMILES string of the molecule is O=C(CCCCC1SCC2NC(=O)NC21)NCCCNC(=O)[C@]1(O)CC/C=C/[C@H](OC(=O)NCCCCCN2C(=O)C=CC2=O)CC1. The normalized spacial score (nSPS) is 27.3. The molecule has 5 atom stereocenters. The molecule has 0 aromatic heterocycles. The molecule has 6 N–H and O–H groups in total. The van der Waals surface area contributed by atoms with Crippen molar-refractivity contribution in [1.29, 1.82) is 0 Å². The number of urea groups is 1. The Morgan fingerprint density at radius 3 is 2.51 bits per heavy atom. The summed E-state index contributed by atoms with van der Waals surface area (Å²) in [5.41, 5.74) is -1.59. The van der Waals surface area contributed by atoms with Gasteiger partial charge in [0.1, 0.15) is 11.7 Å². The predicted molar refractivity (Wildman–Crippen MR) is 175 cm³/mol. The van der Waals surface area contributed by atoms with Crippen molar-refractivity contribution in [3.8, 4) is 0 Å². The molecule has 3 aliphatic heterocycles. The standard InChI is InChI=1S/C32H48N6O8S/c39-25(11-3-2-10-24-28-23(21-47-24)36-30(43)37-28)33-18-8-19-34-29(42)32(45)15-5-4-9-22(14-16-32)46-31(44)35-17-6-1-7-20-38-26(40)12-13-27(38)41/h4,9,12-13,22-24,28,45H,1-3,5-8,10-11,14-21H2,(H,33,39)(H,34,42)(H,35,44)(H2,36,37,43)/b9-4+/t22-,23?,24?,28?,32-/m0/s1. The summed E-state index contributed by atoms with van der Waals surface area (Å²) in [6, 6.07) is 0.292. The van der Waals surface area contributed by atoms with Crippen LogP contribution in [0.1, 0.15) is 77.0 Å². The molecule has 1 aliphatic carbocycles. The third-order valence-corrected chi connectivity index (χ3v) is 10.4. The first kappa shape index (κ1) is 36.2. The van der Waals surface area contributed by atoms with Crippen LogP contribution in [-0.2, 0) is 23.9 Å². The van der Waals surface area contributed by atoms with E-state index in [0.29, 0.717) is 63.5 Å². The van der Waals surface area contributed by atoms with Gasteiger partial charge in [-0.25, -0.2) is 9.59 Å². The van der Waals surface area contributed by atoms with E-state index in [1.807, 2.05) is 11.8 Å². The highest BCUT2D eigenvalue weighted by atomic mass is 32.2. The summed E-state index contributed by atoms with van der Waals surface area (Å²) < 4.78 is 5.49. The van der Waals surface area contributed by atoms with Gasteiger partial charge in [-0.3, -0.25) is 24.1 Å². The fraction of sp³-hybridized carbons (Fsp3) is 0.688. The number of carbonyl (C=O) groups excluding carboxylic acids is 6.